The number of aromatic nitrogens is 12. The molecule has 23 nitrogen and oxygen atoms in total. The second kappa shape index (κ2) is 30.8. The number of methoxy groups -OCH3 is 2. The molecule has 9 aromatic rings. The molecule has 0 spiro atoms. The van der Waals surface area contributed by atoms with Crippen LogP contribution >= 0.6 is 66.7 Å². The lowest BCUT2D eigenvalue weighted by Crippen LogP contribution is -2.05. The van der Waals surface area contributed by atoms with Crippen molar-refractivity contribution in [2.45, 2.75) is 19.3 Å². The summed E-state index contributed by atoms with van der Waals surface area (Å²) in [6.45, 7) is 0. The SMILES string of the molecule is COC(=O)Cc1cccc(Nc2ncnc(Cl)n2)c1.COC(=O)Cc1cccc(Nc2ncnc(Nc3cccc(Br)c3)n2)c1.Clc1ncnc(Cl)n1.O=C(O)Cc1cccc(Nc2ncnc(Nc3cccc(Br)c3)n2)c1. The molecule has 28 heteroatoms. The predicted octanol–water partition coefficient (Wildman–Crippen LogP) is 10.7. The van der Waals surface area contributed by atoms with Crippen LogP contribution in [0.1, 0.15) is 16.7 Å². The Bertz CT molecular complexity index is 3440. The third-order valence-electron chi connectivity index (χ3n) is 9.42. The second-order valence-corrected chi connectivity index (χ2v) is 18.0. The van der Waals surface area contributed by atoms with Crippen molar-refractivity contribution in [2.24, 2.45) is 0 Å². The van der Waals surface area contributed by atoms with E-state index in [1.807, 2.05) is 103 Å². The first kappa shape index (κ1) is 58.6. The lowest BCUT2D eigenvalue weighted by molar-refractivity contribution is -0.140. The Labute approximate surface area is 476 Å². The fraction of sp³-hybridized carbons (Fsp3) is 0.100. The van der Waals surface area contributed by atoms with E-state index in [9.17, 15) is 14.4 Å². The molecule has 0 unspecified atom stereocenters. The minimum absolute atomic E-state index is 0.0393. The third kappa shape index (κ3) is 21.5. The van der Waals surface area contributed by atoms with Crippen LogP contribution in [-0.4, -0.2) is 97.0 Å². The smallest absolute Gasteiger partial charge is 0.309 e. The van der Waals surface area contributed by atoms with Gasteiger partial charge in [0.1, 0.15) is 25.3 Å². The Morgan fingerprint density at radius 3 is 1.03 bits per heavy atom. The molecule has 5 aromatic carbocycles. The van der Waals surface area contributed by atoms with Crippen LogP contribution < -0.4 is 26.6 Å². The molecule has 4 heterocycles. The van der Waals surface area contributed by atoms with E-state index in [1.54, 1.807) is 18.2 Å². The van der Waals surface area contributed by atoms with Crippen molar-refractivity contribution in [3.63, 3.8) is 0 Å². The average molecular weight is 1240 g/mol. The summed E-state index contributed by atoms with van der Waals surface area (Å²) >= 11 is 23.1. The van der Waals surface area contributed by atoms with Crippen LogP contribution in [0.2, 0.25) is 15.9 Å². The standard InChI is InChI=1S/C18H16BrN5O2.C17H14BrN5O2.C12H11ClN4O2.C3HCl2N3/c1-26-16(25)9-12-4-2-6-14(8-12)22-17-20-11-21-18(24-17)23-15-7-3-5-13(19)10-15;18-12-4-2-6-14(9-12)22-17-20-10-19-16(23-17)21-13-5-1-3-11(7-13)8-15(24)25;1-19-10(18)6-8-3-2-4-9(5-8)16-12-15-7-14-11(13)17-12;4-2-6-1-7-3(5)8-2/h2-8,10-11H,9H2,1H3,(H2,20,21,22,23,24);1-7,9-10H,8H2,(H,24,25)(H2,19,20,21,22,23);2-5,7H,6H2,1H3,(H,14,15,16,17);1H. The number of carboxylic acids is 1. The van der Waals surface area contributed by atoms with Gasteiger partial charge >= 0.3 is 17.9 Å². The van der Waals surface area contributed by atoms with Crippen LogP contribution in [-0.2, 0) is 43.1 Å². The fourth-order valence-electron chi connectivity index (χ4n) is 6.14. The highest BCUT2D eigenvalue weighted by atomic mass is 79.9. The highest BCUT2D eigenvalue weighted by molar-refractivity contribution is 9.10. The van der Waals surface area contributed by atoms with Crippen molar-refractivity contribution in [1.82, 2.24) is 59.8 Å². The third-order valence-corrected chi connectivity index (χ3v) is 11.0. The molecule has 4 aromatic heterocycles. The van der Waals surface area contributed by atoms with E-state index in [0.29, 0.717) is 41.0 Å². The summed E-state index contributed by atoms with van der Waals surface area (Å²) in [6.07, 6.45) is 5.77. The van der Waals surface area contributed by atoms with Crippen LogP contribution in [0.5, 0.6) is 0 Å². The van der Waals surface area contributed by atoms with Crippen LogP contribution in [0, 0.1) is 0 Å². The van der Waals surface area contributed by atoms with Crippen molar-refractivity contribution in [1.29, 1.82) is 0 Å². The van der Waals surface area contributed by atoms with Crippen molar-refractivity contribution in [2.75, 3.05) is 40.8 Å². The van der Waals surface area contributed by atoms with E-state index in [2.05, 4.69) is 128 Å². The summed E-state index contributed by atoms with van der Waals surface area (Å²) in [5.74, 6) is 0.465. The minimum Gasteiger partial charge on any atom is -0.481 e. The van der Waals surface area contributed by atoms with E-state index < -0.39 is 5.97 Å². The van der Waals surface area contributed by atoms with Crippen molar-refractivity contribution >= 4 is 143 Å². The molecule has 0 atom stereocenters. The largest absolute Gasteiger partial charge is 0.481 e. The van der Waals surface area contributed by atoms with E-state index in [1.165, 1.54) is 39.5 Å². The van der Waals surface area contributed by atoms with Gasteiger partial charge < -0.3 is 41.2 Å². The van der Waals surface area contributed by atoms with E-state index in [-0.39, 0.29) is 47.1 Å². The molecule has 0 aliphatic carbocycles. The summed E-state index contributed by atoms with van der Waals surface area (Å²) in [7, 11) is 2.73. The zero-order valence-corrected chi connectivity index (χ0v) is 46.2. The van der Waals surface area contributed by atoms with Crippen molar-refractivity contribution in [3.05, 3.63) is 188 Å². The van der Waals surface area contributed by atoms with Crippen LogP contribution in [0.25, 0.3) is 0 Å². The first-order chi connectivity index (χ1) is 37.7. The monoisotopic (exact) mass is 1240 g/mol. The molecule has 398 valence electrons. The highest BCUT2D eigenvalue weighted by Crippen LogP contribution is 2.23. The second-order valence-electron chi connectivity index (χ2n) is 15.2. The summed E-state index contributed by atoms with van der Waals surface area (Å²) in [6, 6.07) is 37.2. The van der Waals surface area contributed by atoms with Gasteiger partial charge in [0.25, 0.3) is 0 Å². The zero-order chi connectivity index (χ0) is 55.7. The van der Waals surface area contributed by atoms with E-state index in [0.717, 1.165) is 42.8 Å². The number of carbonyl (C=O) groups excluding carboxylic acids is 2. The predicted molar refractivity (Wildman–Crippen MR) is 301 cm³/mol. The van der Waals surface area contributed by atoms with E-state index in [4.69, 9.17) is 39.9 Å². The molecule has 0 radical (unpaired) electrons. The highest BCUT2D eigenvalue weighted by Gasteiger charge is 2.09. The number of nitrogens with one attached hydrogen (secondary N) is 5. The van der Waals surface area contributed by atoms with Crippen LogP contribution in [0.15, 0.2) is 156 Å². The molecule has 0 saturated heterocycles. The maximum atomic E-state index is 11.4. The number of rotatable bonds is 16. The van der Waals surface area contributed by atoms with Crippen molar-refractivity contribution < 1.29 is 29.0 Å². The molecule has 6 N–H and O–H groups in total. The van der Waals surface area contributed by atoms with Gasteiger partial charge in [0.15, 0.2) is 0 Å². The normalized spacial score (nSPS) is 10.1. The number of esters is 2. The number of benzene rings is 5. The van der Waals surface area contributed by atoms with Gasteiger partial charge in [0, 0.05) is 37.4 Å². The lowest BCUT2D eigenvalue weighted by Gasteiger charge is -2.09. The molecule has 0 aliphatic heterocycles. The number of anilines is 10. The van der Waals surface area contributed by atoms with Gasteiger partial charge in [-0.05, 0) is 124 Å². The fourth-order valence-corrected chi connectivity index (χ4v) is 7.35. The Morgan fingerprint density at radius 1 is 0.423 bits per heavy atom. The minimum atomic E-state index is -0.877. The topological polar surface area (TPSA) is 305 Å². The summed E-state index contributed by atoms with van der Waals surface area (Å²) in [5.41, 5.74) is 6.29. The Balaban J connectivity index is 0.000000178. The number of ether oxygens (including phenoxy) is 2. The molecule has 0 bridgehead atoms. The lowest BCUT2D eigenvalue weighted by atomic mass is 10.1. The summed E-state index contributed by atoms with van der Waals surface area (Å²) < 4.78 is 11.2. The number of carbonyl (C=O) groups is 3. The Hall–Kier alpha value is -8.62. The molecule has 0 amide bonds. The summed E-state index contributed by atoms with van der Waals surface area (Å²) in [5, 5.41) is 24.6. The first-order valence-corrected chi connectivity index (χ1v) is 25.1. The van der Waals surface area contributed by atoms with E-state index >= 15 is 0 Å². The number of halogens is 5. The van der Waals surface area contributed by atoms with Gasteiger partial charge in [-0.3, -0.25) is 14.4 Å². The number of nitrogens with zero attached hydrogens (tertiary/aromatic N) is 12. The quantitative estimate of drug-likeness (QED) is 0.0490. The number of carboxylic acid groups (broad SMARTS) is 1. The number of aliphatic carboxylic acids is 1. The molecular weight excluding hydrogens is 1200 g/mol. The molecule has 0 aliphatic rings. The summed E-state index contributed by atoms with van der Waals surface area (Å²) in [4.78, 5) is 80.5. The van der Waals surface area contributed by atoms with Gasteiger partial charge in [-0.1, -0.05) is 80.4 Å². The Morgan fingerprint density at radius 2 is 0.718 bits per heavy atom. The Kier molecular flexibility index (Phi) is 23.2. The molecule has 0 fully saturated rings. The molecule has 78 heavy (non-hydrogen) atoms. The van der Waals surface area contributed by atoms with Gasteiger partial charge in [0.05, 0.1) is 33.5 Å². The average Bonchev–Trinajstić information content (AvgIpc) is 3.40. The first-order valence-electron chi connectivity index (χ1n) is 22.4. The molecular formula is C50H42Br2Cl3N17O6. The molecule has 0 saturated carbocycles. The van der Waals surface area contributed by atoms with Gasteiger partial charge in [-0.25, -0.2) is 39.9 Å². The maximum absolute atomic E-state index is 11.4. The molecule has 9 rings (SSSR count). The maximum Gasteiger partial charge on any atom is 0.309 e. The zero-order valence-electron chi connectivity index (χ0n) is 40.7. The van der Waals surface area contributed by atoms with Gasteiger partial charge in [-0.2, -0.15) is 19.9 Å². The van der Waals surface area contributed by atoms with Gasteiger partial charge in [-0.15, -0.1) is 0 Å². The van der Waals surface area contributed by atoms with Gasteiger partial charge in [0.2, 0.25) is 45.6 Å². The van der Waals surface area contributed by atoms with Crippen molar-refractivity contribution in [3.8, 4) is 0 Å². The number of hydrogen-bond donors (Lipinski definition) is 6. The van der Waals surface area contributed by atoms with Crippen LogP contribution in [0.3, 0.4) is 0 Å². The number of hydrogen-bond acceptors (Lipinski definition) is 22. The van der Waals surface area contributed by atoms with Crippen LogP contribution in [0.4, 0.5) is 58.2 Å².